The van der Waals surface area contributed by atoms with E-state index in [1.807, 2.05) is 0 Å². The Morgan fingerprint density at radius 1 is 1.22 bits per heavy atom. The first-order chi connectivity index (χ1) is 4.25. The largest absolute Gasteiger partial charge is 0.101 e. The molecule has 9 heavy (non-hydrogen) atoms. The van der Waals surface area contributed by atoms with Crippen LogP contribution >= 0.6 is 7.92 Å². The van der Waals surface area contributed by atoms with Gasteiger partial charge in [0.15, 0.2) is 0 Å². The average Bonchev–Trinajstić information content (AvgIpc) is 2.12. The van der Waals surface area contributed by atoms with Crippen LogP contribution in [0.25, 0.3) is 0 Å². The summed E-state index contributed by atoms with van der Waals surface area (Å²) in [6.07, 6.45) is 4.46. The van der Waals surface area contributed by atoms with Crippen molar-refractivity contribution in [2.24, 2.45) is 0 Å². The van der Waals surface area contributed by atoms with Crippen molar-refractivity contribution >= 4 is 7.92 Å². The molecule has 0 aromatic carbocycles. The minimum Gasteiger partial charge on any atom is -0.101 e. The summed E-state index contributed by atoms with van der Waals surface area (Å²) in [5, 5.41) is 0. The lowest BCUT2D eigenvalue weighted by molar-refractivity contribution is 0.777. The molecule has 0 N–H and O–H groups in total. The first kappa shape index (κ1) is 7.54. The van der Waals surface area contributed by atoms with Crippen molar-refractivity contribution in [1.82, 2.24) is 0 Å². The van der Waals surface area contributed by atoms with Crippen molar-refractivity contribution < 1.29 is 0 Å². The smallest absolute Gasteiger partial charge is 0.0235 e. The van der Waals surface area contributed by atoms with Crippen LogP contribution < -0.4 is 0 Å². The molecule has 0 nitrogen and oxygen atoms in total. The molecule has 0 unspecified atom stereocenters. The molecule has 0 bridgehead atoms. The minimum atomic E-state index is 0.435. The van der Waals surface area contributed by atoms with E-state index in [-0.39, 0.29) is 0 Å². The summed E-state index contributed by atoms with van der Waals surface area (Å²) >= 11 is 0. The molecule has 1 aliphatic heterocycles. The molecule has 0 aromatic heterocycles. The molecule has 0 aromatic rings. The molecular formula is C8H17P. The Hall–Kier alpha value is 0.430. The molecule has 0 amide bonds. The molecule has 0 radical (unpaired) electrons. The van der Waals surface area contributed by atoms with Gasteiger partial charge in [-0.3, -0.25) is 0 Å². The third-order valence-corrected chi connectivity index (χ3v) is 6.01. The summed E-state index contributed by atoms with van der Waals surface area (Å²) in [6, 6.07) is 0. The predicted octanol–water partition coefficient (Wildman–Crippen LogP) is 3.06. The quantitative estimate of drug-likeness (QED) is 0.496. The Morgan fingerprint density at radius 3 is 1.89 bits per heavy atom. The Balaban J connectivity index is 2.44. The SMILES string of the molecule is CCP1[C@H](C)CC[C@H]1C. The van der Waals surface area contributed by atoms with Gasteiger partial charge in [0.25, 0.3) is 0 Å². The third-order valence-electron chi connectivity index (χ3n) is 2.50. The van der Waals surface area contributed by atoms with Gasteiger partial charge in [-0.05, 0) is 30.3 Å². The topological polar surface area (TPSA) is 0 Å². The van der Waals surface area contributed by atoms with Crippen molar-refractivity contribution in [2.45, 2.75) is 44.9 Å². The first-order valence-electron chi connectivity index (χ1n) is 4.01. The van der Waals surface area contributed by atoms with Gasteiger partial charge in [0, 0.05) is 0 Å². The molecule has 1 fully saturated rings. The van der Waals surface area contributed by atoms with Gasteiger partial charge in [-0.2, -0.15) is 0 Å². The zero-order valence-corrected chi connectivity index (χ0v) is 7.62. The number of hydrogen-bond acceptors (Lipinski definition) is 0. The molecule has 54 valence electrons. The molecule has 0 saturated carbocycles. The van der Waals surface area contributed by atoms with Crippen LogP contribution in [0, 0.1) is 0 Å². The van der Waals surface area contributed by atoms with Crippen molar-refractivity contribution in [1.29, 1.82) is 0 Å². The highest BCUT2D eigenvalue weighted by Gasteiger charge is 2.27. The Morgan fingerprint density at radius 2 is 1.67 bits per heavy atom. The van der Waals surface area contributed by atoms with E-state index >= 15 is 0 Å². The van der Waals surface area contributed by atoms with Gasteiger partial charge >= 0.3 is 0 Å². The van der Waals surface area contributed by atoms with Crippen LogP contribution in [0.3, 0.4) is 0 Å². The summed E-state index contributed by atoms with van der Waals surface area (Å²) in [5.74, 6) is 0. The molecule has 0 spiro atoms. The molecule has 0 aliphatic carbocycles. The fraction of sp³-hybridized carbons (Fsp3) is 1.00. The lowest BCUT2D eigenvalue weighted by atomic mass is 10.2. The second-order valence-corrected chi connectivity index (χ2v) is 6.53. The Kier molecular flexibility index (Phi) is 2.52. The van der Waals surface area contributed by atoms with Gasteiger partial charge in [-0.1, -0.05) is 20.8 Å². The minimum absolute atomic E-state index is 0.435. The van der Waals surface area contributed by atoms with Gasteiger partial charge in [0.05, 0.1) is 0 Å². The van der Waals surface area contributed by atoms with Crippen LogP contribution in [-0.2, 0) is 0 Å². The van der Waals surface area contributed by atoms with E-state index in [2.05, 4.69) is 20.8 Å². The van der Waals surface area contributed by atoms with E-state index in [1.165, 1.54) is 19.0 Å². The van der Waals surface area contributed by atoms with Gasteiger partial charge in [-0.15, -0.1) is 7.92 Å². The van der Waals surface area contributed by atoms with E-state index in [0.29, 0.717) is 7.92 Å². The van der Waals surface area contributed by atoms with Crippen molar-refractivity contribution in [3.05, 3.63) is 0 Å². The van der Waals surface area contributed by atoms with Crippen LogP contribution in [0.1, 0.15) is 33.6 Å². The maximum absolute atomic E-state index is 2.43. The summed E-state index contributed by atoms with van der Waals surface area (Å²) in [7, 11) is 0.435. The van der Waals surface area contributed by atoms with Gasteiger partial charge in [0.1, 0.15) is 0 Å². The normalized spacial score (nSPS) is 37.7. The third kappa shape index (κ3) is 1.46. The number of rotatable bonds is 1. The average molecular weight is 144 g/mol. The standard InChI is InChI=1S/C8H17P/c1-4-9-7(2)5-6-8(9)3/h7-8H,4-6H2,1-3H3/t7-,8-/m1/s1. The molecular weight excluding hydrogens is 127 g/mol. The fourth-order valence-corrected chi connectivity index (χ4v) is 4.95. The monoisotopic (exact) mass is 144 g/mol. The van der Waals surface area contributed by atoms with Crippen LogP contribution in [0.4, 0.5) is 0 Å². The van der Waals surface area contributed by atoms with E-state index in [4.69, 9.17) is 0 Å². The van der Waals surface area contributed by atoms with Crippen molar-refractivity contribution in [3.63, 3.8) is 0 Å². The second kappa shape index (κ2) is 3.01. The fourth-order valence-electron chi connectivity index (χ4n) is 1.87. The van der Waals surface area contributed by atoms with Crippen LogP contribution in [0.15, 0.2) is 0 Å². The summed E-state index contributed by atoms with van der Waals surface area (Å²) in [4.78, 5) is 0. The zero-order chi connectivity index (χ0) is 6.85. The van der Waals surface area contributed by atoms with Gasteiger partial charge in [0.2, 0.25) is 0 Å². The maximum Gasteiger partial charge on any atom is -0.0235 e. The van der Waals surface area contributed by atoms with Crippen LogP contribution in [-0.4, -0.2) is 17.5 Å². The van der Waals surface area contributed by atoms with E-state index in [9.17, 15) is 0 Å². The molecule has 1 heterocycles. The molecule has 1 saturated heterocycles. The van der Waals surface area contributed by atoms with Crippen LogP contribution in [0.5, 0.6) is 0 Å². The van der Waals surface area contributed by atoms with E-state index < -0.39 is 0 Å². The molecule has 1 rings (SSSR count). The number of hydrogen-bond donors (Lipinski definition) is 0. The Labute approximate surface area is 59.8 Å². The summed E-state index contributed by atoms with van der Waals surface area (Å²) in [6.45, 7) is 7.21. The van der Waals surface area contributed by atoms with E-state index in [0.717, 1.165) is 11.3 Å². The molecule has 1 heteroatoms. The highest BCUT2D eigenvalue weighted by Crippen LogP contribution is 2.54. The highest BCUT2D eigenvalue weighted by atomic mass is 31.1. The van der Waals surface area contributed by atoms with Crippen LogP contribution in [0.2, 0.25) is 0 Å². The second-order valence-electron chi connectivity index (χ2n) is 3.11. The lowest BCUT2D eigenvalue weighted by Gasteiger charge is -2.17. The van der Waals surface area contributed by atoms with Crippen molar-refractivity contribution in [3.8, 4) is 0 Å². The van der Waals surface area contributed by atoms with Gasteiger partial charge in [-0.25, -0.2) is 0 Å². The van der Waals surface area contributed by atoms with Crippen molar-refractivity contribution in [2.75, 3.05) is 6.16 Å². The summed E-state index contributed by atoms with van der Waals surface area (Å²) < 4.78 is 0. The first-order valence-corrected chi connectivity index (χ1v) is 5.68. The Bertz CT molecular complexity index is 80.6. The van der Waals surface area contributed by atoms with E-state index in [1.54, 1.807) is 0 Å². The summed E-state index contributed by atoms with van der Waals surface area (Å²) in [5.41, 5.74) is 2.14. The maximum atomic E-state index is 2.43. The highest BCUT2D eigenvalue weighted by molar-refractivity contribution is 7.59. The lowest BCUT2D eigenvalue weighted by Crippen LogP contribution is -1.97. The molecule has 1 aliphatic rings. The van der Waals surface area contributed by atoms with Gasteiger partial charge < -0.3 is 0 Å². The zero-order valence-electron chi connectivity index (χ0n) is 6.72. The molecule has 2 atom stereocenters. The predicted molar refractivity (Wildman–Crippen MR) is 45.6 cm³/mol.